The van der Waals surface area contributed by atoms with Crippen LogP contribution in [0.5, 0.6) is 0 Å². The Bertz CT molecular complexity index is 1050. The summed E-state index contributed by atoms with van der Waals surface area (Å²) < 4.78 is 59.4. The molecular weight excluding hydrogens is 436 g/mol. The number of morpholine rings is 1. The summed E-state index contributed by atoms with van der Waals surface area (Å²) >= 11 is 6.16. The predicted molar refractivity (Wildman–Crippen MR) is 111 cm³/mol. The van der Waals surface area contributed by atoms with Crippen molar-refractivity contribution in [1.29, 1.82) is 0 Å². The average Bonchev–Trinajstić information content (AvgIpc) is 2.73. The molecule has 158 valence electrons. The second kappa shape index (κ2) is 9.11. The van der Waals surface area contributed by atoms with Gasteiger partial charge < -0.3 is 4.74 Å². The molecule has 0 aromatic heterocycles. The zero-order chi connectivity index (χ0) is 21.1. The summed E-state index contributed by atoms with van der Waals surface area (Å²) in [7, 11) is -7.48. The van der Waals surface area contributed by atoms with Crippen LogP contribution in [-0.4, -0.2) is 58.3 Å². The average molecular weight is 459 g/mol. The first kappa shape index (κ1) is 22.2. The Morgan fingerprint density at radius 1 is 0.966 bits per heavy atom. The van der Waals surface area contributed by atoms with Gasteiger partial charge in [0.2, 0.25) is 20.0 Å². The van der Waals surface area contributed by atoms with Crippen LogP contribution < -0.4 is 0 Å². The summed E-state index contributed by atoms with van der Waals surface area (Å²) in [6.45, 7) is 3.38. The fourth-order valence-electron chi connectivity index (χ4n) is 3.05. The van der Waals surface area contributed by atoms with E-state index in [2.05, 4.69) is 0 Å². The van der Waals surface area contributed by atoms with Gasteiger partial charge in [-0.3, -0.25) is 0 Å². The van der Waals surface area contributed by atoms with Gasteiger partial charge in [-0.15, -0.1) is 0 Å². The lowest BCUT2D eigenvalue weighted by Gasteiger charge is -2.26. The SMILES string of the molecule is CCN(Cc1ccccc1Cl)S(=O)(=O)c1ccc(S(=O)(=O)N2CCOCC2)cc1. The van der Waals surface area contributed by atoms with Crippen LogP contribution in [0.4, 0.5) is 0 Å². The third kappa shape index (κ3) is 4.82. The van der Waals surface area contributed by atoms with Crippen LogP contribution in [0.25, 0.3) is 0 Å². The quantitative estimate of drug-likeness (QED) is 0.636. The Labute approximate surface area is 176 Å². The van der Waals surface area contributed by atoms with Gasteiger partial charge in [0, 0.05) is 31.2 Å². The van der Waals surface area contributed by atoms with E-state index in [0.29, 0.717) is 23.8 Å². The number of rotatable bonds is 7. The summed E-state index contributed by atoms with van der Waals surface area (Å²) in [6.07, 6.45) is 0. The number of hydrogen-bond acceptors (Lipinski definition) is 5. The van der Waals surface area contributed by atoms with E-state index in [9.17, 15) is 16.8 Å². The zero-order valence-corrected chi connectivity index (χ0v) is 18.4. The van der Waals surface area contributed by atoms with Crippen LogP contribution in [0.15, 0.2) is 58.3 Å². The molecule has 1 aliphatic rings. The molecule has 0 bridgehead atoms. The van der Waals surface area contributed by atoms with Crippen LogP contribution >= 0.6 is 11.6 Å². The summed E-state index contributed by atoms with van der Waals surface area (Å²) in [5.74, 6) is 0. The Hall–Kier alpha value is -1.49. The molecule has 0 amide bonds. The van der Waals surface area contributed by atoms with Gasteiger partial charge in [-0.05, 0) is 35.9 Å². The zero-order valence-electron chi connectivity index (χ0n) is 16.0. The minimum Gasteiger partial charge on any atom is -0.379 e. The topological polar surface area (TPSA) is 84.0 Å². The van der Waals surface area contributed by atoms with Gasteiger partial charge in [0.25, 0.3) is 0 Å². The molecule has 7 nitrogen and oxygen atoms in total. The molecule has 1 aliphatic heterocycles. The van der Waals surface area contributed by atoms with Crippen molar-refractivity contribution in [3.8, 4) is 0 Å². The molecule has 0 spiro atoms. The summed E-state index contributed by atoms with van der Waals surface area (Å²) in [5.41, 5.74) is 0.700. The highest BCUT2D eigenvalue weighted by Crippen LogP contribution is 2.24. The summed E-state index contributed by atoms with van der Waals surface area (Å²) in [5, 5.41) is 0.494. The Kier molecular flexibility index (Phi) is 6.98. The van der Waals surface area contributed by atoms with Crippen molar-refractivity contribution in [1.82, 2.24) is 8.61 Å². The number of nitrogens with zero attached hydrogens (tertiary/aromatic N) is 2. The minimum atomic E-state index is -3.81. The van der Waals surface area contributed by atoms with Gasteiger partial charge in [-0.2, -0.15) is 8.61 Å². The molecule has 3 rings (SSSR count). The first-order valence-electron chi connectivity index (χ1n) is 9.18. The second-order valence-electron chi connectivity index (χ2n) is 6.51. The van der Waals surface area contributed by atoms with E-state index in [1.807, 2.05) is 0 Å². The summed E-state index contributed by atoms with van der Waals surface area (Å²) in [4.78, 5) is 0.0971. The van der Waals surface area contributed by atoms with Gasteiger partial charge in [0.05, 0.1) is 23.0 Å². The van der Waals surface area contributed by atoms with E-state index >= 15 is 0 Å². The number of halogens is 1. The largest absolute Gasteiger partial charge is 0.379 e. The lowest BCUT2D eigenvalue weighted by atomic mass is 10.2. The van der Waals surface area contributed by atoms with Crippen molar-refractivity contribution in [3.63, 3.8) is 0 Å². The second-order valence-corrected chi connectivity index (χ2v) is 10.8. The maximum absolute atomic E-state index is 13.0. The fraction of sp³-hybridized carbons (Fsp3) is 0.368. The third-order valence-electron chi connectivity index (χ3n) is 4.73. The highest BCUT2D eigenvalue weighted by atomic mass is 35.5. The van der Waals surface area contributed by atoms with Crippen LogP contribution in [0, 0.1) is 0 Å². The van der Waals surface area contributed by atoms with Crippen LogP contribution in [0.2, 0.25) is 5.02 Å². The molecule has 0 saturated carbocycles. The van der Waals surface area contributed by atoms with E-state index in [1.54, 1.807) is 31.2 Å². The molecule has 1 heterocycles. The highest BCUT2D eigenvalue weighted by molar-refractivity contribution is 7.89. The maximum atomic E-state index is 13.0. The van der Waals surface area contributed by atoms with Gasteiger partial charge in [-0.25, -0.2) is 16.8 Å². The first-order chi connectivity index (χ1) is 13.8. The monoisotopic (exact) mass is 458 g/mol. The number of sulfonamides is 2. The number of hydrogen-bond donors (Lipinski definition) is 0. The van der Waals surface area contributed by atoms with Crippen LogP contribution in [0.3, 0.4) is 0 Å². The van der Waals surface area contributed by atoms with E-state index in [4.69, 9.17) is 16.3 Å². The molecule has 29 heavy (non-hydrogen) atoms. The summed E-state index contributed by atoms with van der Waals surface area (Å²) in [6, 6.07) is 12.4. The lowest BCUT2D eigenvalue weighted by molar-refractivity contribution is 0.0730. The van der Waals surface area contributed by atoms with Gasteiger partial charge >= 0.3 is 0 Å². The van der Waals surface area contributed by atoms with Crippen molar-refractivity contribution in [2.75, 3.05) is 32.8 Å². The Balaban J connectivity index is 1.84. The van der Waals surface area contributed by atoms with Crippen molar-refractivity contribution < 1.29 is 21.6 Å². The Morgan fingerprint density at radius 2 is 1.55 bits per heavy atom. The van der Waals surface area contributed by atoms with E-state index < -0.39 is 20.0 Å². The molecule has 1 fully saturated rings. The number of ether oxygens (including phenoxy) is 1. The Morgan fingerprint density at radius 3 is 2.14 bits per heavy atom. The standard InChI is InChI=1S/C19H23ClN2O5S2/c1-2-21(15-16-5-3-4-6-19(16)20)28(23,24)17-7-9-18(10-8-17)29(25,26)22-11-13-27-14-12-22/h3-10H,2,11-15H2,1H3. The van der Waals surface area contributed by atoms with Crippen molar-refractivity contribution >= 4 is 31.6 Å². The molecule has 0 unspecified atom stereocenters. The highest BCUT2D eigenvalue weighted by Gasteiger charge is 2.28. The van der Waals surface area contributed by atoms with Crippen molar-refractivity contribution in [3.05, 3.63) is 59.1 Å². The predicted octanol–water partition coefficient (Wildman–Crippen LogP) is 2.57. The smallest absolute Gasteiger partial charge is 0.243 e. The maximum Gasteiger partial charge on any atom is 0.243 e. The first-order valence-corrected chi connectivity index (χ1v) is 12.4. The molecule has 2 aromatic carbocycles. The van der Waals surface area contributed by atoms with Crippen LogP contribution in [0.1, 0.15) is 12.5 Å². The van der Waals surface area contributed by atoms with Crippen LogP contribution in [-0.2, 0) is 31.3 Å². The van der Waals surface area contributed by atoms with Gasteiger partial charge in [-0.1, -0.05) is 36.7 Å². The third-order valence-corrected chi connectivity index (χ3v) is 8.94. The molecule has 0 atom stereocenters. The van der Waals surface area contributed by atoms with Gasteiger partial charge in [0.1, 0.15) is 0 Å². The normalized spacial score (nSPS) is 16.2. The van der Waals surface area contributed by atoms with Gasteiger partial charge in [0.15, 0.2) is 0 Å². The van der Waals surface area contributed by atoms with Crippen molar-refractivity contribution in [2.24, 2.45) is 0 Å². The molecule has 2 aromatic rings. The molecule has 10 heteroatoms. The molecule has 0 radical (unpaired) electrons. The molecule has 0 N–H and O–H groups in total. The van der Waals surface area contributed by atoms with E-state index in [-0.39, 0.29) is 36.0 Å². The van der Waals surface area contributed by atoms with E-state index in [1.165, 1.54) is 32.9 Å². The molecule has 0 aliphatic carbocycles. The lowest BCUT2D eigenvalue weighted by Crippen LogP contribution is -2.40. The van der Waals surface area contributed by atoms with E-state index in [0.717, 1.165) is 0 Å². The fourth-order valence-corrected chi connectivity index (χ4v) is 6.08. The molecular formula is C19H23ClN2O5S2. The minimum absolute atomic E-state index is 0.0346. The van der Waals surface area contributed by atoms with Crippen molar-refractivity contribution in [2.45, 2.75) is 23.3 Å². The number of benzene rings is 2. The molecule has 1 saturated heterocycles.